The number of rotatable bonds is 2. The molecule has 12 heavy (non-hydrogen) atoms. The molecule has 0 bridgehead atoms. The van der Waals surface area contributed by atoms with E-state index in [-0.39, 0.29) is 0 Å². The highest BCUT2D eigenvalue weighted by Crippen LogP contribution is 2.22. The fraction of sp³-hybridized carbons (Fsp3) is 0.900. The van der Waals surface area contributed by atoms with E-state index >= 15 is 0 Å². The highest BCUT2D eigenvalue weighted by Gasteiger charge is 2.23. The molecule has 0 N–H and O–H groups in total. The molecule has 1 aliphatic rings. The number of hydrogen-bond donors (Lipinski definition) is 0. The summed E-state index contributed by atoms with van der Waals surface area (Å²) in [6, 6.07) is 3.58. The molecule has 0 saturated carbocycles. The standard InChI is InChI=1S/C10H18N2/c1-9-5-3-6-10(2)12(9)8-4-7-11/h9-10H,3-6,8H2,1-2H3/t9-,10-/m1/s1. The van der Waals surface area contributed by atoms with E-state index in [0.717, 1.165) is 6.54 Å². The second-order valence-electron chi connectivity index (χ2n) is 3.77. The van der Waals surface area contributed by atoms with Crippen LogP contribution in [0.1, 0.15) is 39.5 Å². The Kier molecular flexibility index (Phi) is 3.55. The van der Waals surface area contributed by atoms with E-state index in [1.807, 2.05) is 0 Å². The second kappa shape index (κ2) is 4.47. The zero-order valence-corrected chi connectivity index (χ0v) is 8.08. The highest BCUT2D eigenvalue weighted by atomic mass is 15.2. The Labute approximate surface area is 75.2 Å². The average Bonchev–Trinajstić information content (AvgIpc) is 2.04. The molecule has 0 amide bonds. The topological polar surface area (TPSA) is 27.0 Å². The van der Waals surface area contributed by atoms with Gasteiger partial charge in [0.1, 0.15) is 0 Å². The maximum atomic E-state index is 8.49. The van der Waals surface area contributed by atoms with E-state index in [2.05, 4.69) is 24.8 Å². The van der Waals surface area contributed by atoms with Gasteiger partial charge in [-0.15, -0.1) is 0 Å². The summed E-state index contributed by atoms with van der Waals surface area (Å²) in [5.74, 6) is 0. The zero-order valence-electron chi connectivity index (χ0n) is 8.08. The lowest BCUT2D eigenvalue weighted by molar-refractivity contribution is 0.106. The summed E-state index contributed by atoms with van der Waals surface area (Å²) >= 11 is 0. The minimum atomic E-state index is 0.675. The summed E-state index contributed by atoms with van der Waals surface area (Å²) in [5.41, 5.74) is 0. The molecule has 0 aliphatic carbocycles. The van der Waals surface area contributed by atoms with E-state index in [4.69, 9.17) is 5.26 Å². The number of hydrogen-bond acceptors (Lipinski definition) is 2. The van der Waals surface area contributed by atoms with Crippen LogP contribution in [0.4, 0.5) is 0 Å². The van der Waals surface area contributed by atoms with Crippen LogP contribution < -0.4 is 0 Å². The Morgan fingerprint density at radius 3 is 2.42 bits per heavy atom. The third-order valence-corrected chi connectivity index (χ3v) is 2.86. The van der Waals surface area contributed by atoms with Gasteiger partial charge in [0.2, 0.25) is 0 Å². The molecule has 2 atom stereocenters. The first-order valence-corrected chi connectivity index (χ1v) is 4.88. The van der Waals surface area contributed by atoms with Crippen LogP contribution in [0.15, 0.2) is 0 Å². The van der Waals surface area contributed by atoms with Gasteiger partial charge in [0.15, 0.2) is 0 Å². The first kappa shape index (κ1) is 9.54. The summed E-state index contributed by atoms with van der Waals surface area (Å²) in [6.07, 6.45) is 4.63. The van der Waals surface area contributed by atoms with Crippen molar-refractivity contribution in [3.05, 3.63) is 0 Å². The lowest BCUT2D eigenvalue weighted by Gasteiger charge is -2.38. The predicted molar refractivity (Wildman–Crippen MR) is 49.7 cm³/mol. The molecule has 1 heterocycles. The number of nitriles is 1. The molecule has 1 fully saturated rings. The van der Waals surface area contributed by atoms with E-state index in [9.17, 15) is 0 Å². The first-order chi connectivity index (χ1) is 5.75. The van der Waals surface area contributed by atoms with Crippen LogP contribution >= 0.6 is 0 Å². The van der Waals surface area contributed by atoms with Crippen LogP contribution in [-0.2, 0) is 0 Å². The molecule has 0 aromatic rings. The minimum Gasteiger partial charge on any atom is -0.297 e. The number of nitrogens with zero attached hydrogens (tertiary/aromatic N) is 2. The molecule has 0 unspecified atom stereocenters. The van der Waals surface area contributed by atoms with Gasteiger partial charge in [-0.1, -0.05) is 6.42 Å². The van der Waals surface area contributed by atoms with Gasteiger partial charge in [-0.3, -0.25) is 4.90 Å². The van der Waals surface area contributed by atoms with Crippen molar-refractivity contribution >= 4 is 0 Å². The summed E-state index contributed by atoms with van der Waals surface area (Å²) in [4.78, 5) is 2.46. The molecule has 2 heteroatoms. The Morgan fingerprint density at radius 1 is 1.33 bits per heavy atom. The third-order valence-electron chi connectivity index (χ3n) is 2.86. The molecule has 1 aliphatic heterocycles. The first-order valence-electron chi connectivity index (χ1n) is 4.88. The van der Waals surface area contributed by atoms with Gasteiger partial charge < -0.3 is 0 Å². The van der Waals surface area contributed by atoms with E-state index in [1.165, 1.54) is 19.3 Å². The van der Waals surface area contributed by atoms with Gasteiger partial charge in [-0.2, -0.15) is 5.26 Å². The summed E-state index contributed by atoms with van der Waals surface area (Å²) < 4.78 is 0. The zero-order chi connectivity index (χ0) is 8.97. The molecule has 2 nitrogen and oxygen atoms in total. The molecular formula is C10H18N2. The van der Waals surface area contributed by atoms with Gasteiger partial charge in [0.25, 0.3) is 0 Å². The fourth-order valence-corrected chi connectivity index (χ4v) is 2.09. The van der Waals surface area contributed by atoms with Gasteiger partial charge in [-0.05, 0) is 26.7 Å². The minimum absolute atomic E-state index is 0.675. The van der Waals surface area contributed by atoms with Crippen LogP contribution in [0.25, 0.3) is 0 Å². The Bertz CT molecular complexity index is 161. The van der Waals surface area contributed by atoms with Crippen molar-refractivity contribution in [1.29, 1.82) is 5.26 Å². The summed E-state index contributed by atoms with van der Waals surface area (Å²) in [7, 11) is 0. The van der Waals surface area contributed by atoms with Gasteiger partial charge in [0, 0.05) is 25.0 Å². The quantitative estimate of drug-likeness (QED) is 0.628. The van der Waals surface area contributed by atoms with Gasteiger partial charge in [0.05, 0.1) is 6.07 Å². The van der Waals surface area contributed by atoms with Crippen molar-refractivity contribution in [3.63, 3.8) is 0 Å². The van der Waals surface area contributed by atoms with Crippen LogP contribution in [0.3, 0.4) is 0 Å². The Balaban J connectivity index is 2.41. The molecule has 0 aromatic heterocycles. The summed E-state index contributed by atoms with van der Waals surface area (Å²) in [5, 5.41) is 8.49. The maximum Gasteiger partial charge on any atom is 0.0635 e. The van der Waals surface area contributed by atoms with Crippen LogP contribution in [0.5, 0.6) is 0 Å². The lowest BCUT2D eigenvalue weighted by Crippen LogP contribution is -2.43. The monoisotopic (exact) mass is 166 g/mol. The molecule has 1 saturated heterocycles. The predicted octanol–water partition coefficient (Wildman–Crippen LogP) is 2.16. The number of piperidine rings is 1. The second-order valence-corrected chi connectivity index (χ2v) is 3.77. The summed E-state index contributed by atoms with van der Waals surface area (Å²) in [6.45, 7) is 5.50. The smallest absolute Gasteiger partial charge is 0.0635 e. The molecule has 1 rings (SSSR count). The van der Waals surface area contributed by atoms with Crippen LogP contribution in [-0.4, -0.2) is 23.5 Å². The average molecular weight is 166 g/mol. The molecule has 0 spiro atoms. The Hall–Kier alpha value is -0.550. The van der Waals surface area contributed by atoms with E-state index in [1.54, 1.807) is 0 Å². The fourth-order valence-electron chi connectivity index (χ4n) is 2.09. The highest BCUT2D eigenvalue weighted by molar-refractivity contribution is 4.82. The number of likely N-dealkylation sites (tertiary alicyclic amines) is 1. The van der Waals surface area contributed by atoms with Crippen molar-refractivity contribution in [2.75, 3.05) is 6.54 Å². The van der Waals surface area contributed by atoms with Crippen LogP contribution in [0, 0.1) is 11.3 Å². The SMILES string of the molecule is C[C@@H]1CCC[C@@H](C)N1CCC#N. The largest absolute Gasteiger partial charge is 0.297 e. The third kappa shape index (κ3) is 2.22. The van der Waals surface area contributed by atoms with Crippen LogP contribution in [0.2, 0.25) is 0 Å². The molecule has 68 valence electrons. The van der Waals surface area contributed by atoms with Crippen molar-refractivity contribution < 1.29 is 0 Å². The normalized spacial score (nSPS) is 31.4. The maximum absolute atomic E-state index is 8.49. The van der Waals surface area contributed by atoms with Gasteiger partial charge >= 0.3 is 0 Å². The van der Waals surface area contributed by atoms with E-state index < -0.39 is 0 Å². The van der Waals surface area contributed by atoms with Crippen molar-refractivity contribution in [2.45, 2.75) is 51.6 Å². The Morgan fingerprint density at radius 2 is 1.92 bits per heavy atom. The lowest BCUT2D eigenvalue weighted by atomic mass is 9.97. The molecular weight excluding hydrogens is 148 g/mol. The van der Waals surface area contributed by atoms with Crippen molar-refractivity contribution in [1.82, 2.24) is 4.90 Å². The van der Waals surface area contributed by atoms with Crippen molar-refractivity contribution in [3.8, 4) is 6.07 Å². The van der Waals surface area contributed by atoms with Crippen molar-refractivity contribution in [2.24, 2.45) is 0 Å². The molecule has 0 radical (unpaired) electrons. The van der Waals surface area contributed by atoms with Gasteiger partial charge in [-0.25, -0.2) is 0 Å². The van der Waals surface area contributed by atoms with E-state index in [0.29, 0.717) is 18.5 Å². The molecule has 0 aromatic carbocycles.